The Balaban J connectivity index is 1.69. The van der Waals surface area contributed by atoms with E-state index in [9.17, 15) is 8.42 Å². The van der Waals surface area contributed by atoms with Gasteiger partial charge in [0.1, 0.15) is 5.75 Å². The van der Waals surface area contributed by atoms with Crippen molar-refractivity contribution in [1.82, 2.24) is 0 Å². The first-order valence-corrected chi connectivity index (χ1v) is 12.0. The highest BCUT2D eigenvalue weighted by Gasteiger charge is 2.15. The van der Waals surface area contributed by atoms with Crippen LogP contribution in [0, 0.1) is 6.92 Å². The van der Waals surface area contributed by atoms with Gasteiger partial charge in [-0.2, -0.15) is 0 Å². The quantitative estimate of drug-likeness (QED) is 0.375. The normalized spacial score (nSPS) is 11.2. The van der Waals surface area contributed by atoms with Crippen molar-refractivity contribution in [2.24, 2.45) is 0 Å². The Hall–Kier alpha value is -2.12. The van der Waals surface area contributed by atoms with Gasteiger partial charge in [0.05, 0.1) is 17.7 Å². The Labute approximate surface area is 198 Å². The molecular weight excluding hydrogens is 473 g/mol. The zero-order chi connectivity index (χ0) is 22.6. The van der Waals surface area contributed by atoms with Crippen LogP contribution < -0.4 is 9.46 Å². The number of hydrogen-bond donors (Lipinski definition) is 1. The first-order chi connectivity index (χ1) is 14.7. The fraction of sp³-hybridized carbons (Fsp3) is 0.174. The van der Waals surface area contributed by atoms with Crippen LogP contribution in [0.3, 0.4) is 0 Å². The van der Waals surface area contributed by atoms with Crippen molar-refractivity contribution in [2.75, 3.05) is 11.8 Å². The summed E-state index contributed by atoms with van der Waals surface area (Å²) in [5, 5.41) is 0.693. The van der Waals surface area contributed by atoms with Gasteiger partial charge in [0.15, 0.2) is 0 Å². The number of methoxy groups -OCH3 is 1. The number of aryl methyl sites for hydroxylation is 1. The largest absolute Gasteiger partial charge is 0.496 e. The minimum absolute atomic E-state index is 0.138. The van der Waals surface area contributed by atoms with Crippen molar-refractivity contribution in [1.29, 1.82) is 0 Å². The van der Waals surface area contributed by atoms with E-state index in [2.05, 4.69) is 10.8 Å². The number of hydrogen-bond acceptors (Lipinski definition) is 4. The molecule has 0 saturated carbocycles. The van der Waals surface area contributed by atoms with Gasteiger partial charge < -0.3 is 4.74 Å². The smallest absolute Gasteiger partial charge is 0.261 e. The summed E-state index contributed by atoms with van der Waals surface area (Å²) in [6.07, 6.45) is 1.17. The van der Waals surface area contributed by atoms with Crippen molar-refractivity contribution >= 4 is 56.0 Å². The number of rotatable bonds is 8. The molecule has 162 valence electrons. The summed E-state index contributed by atoms with van der Waals surface area (Å²) in [4.78, 5) is 0.977. The van der Waals surface area contributed by atoms with Crippen LogP contribution >= 0.6 is 35.4 Å². The standard InChI is InChI=1S/C23H21Cl2NO3S2/c1-15-3-8-23(29-2)17(9-15)11-21(30)10-16-4-6-22(7-5-16)31(27,28)26-20-13-18(24)12-19(25)14-20/h3-9,12-14,26H,10-11H2,1-2H3. The molecule has 0 aromatic heterocycles. The number of sulfonamides is 1. The van der Waals surface area contributed by atoms with E-state index in [4.69, 9.17) is 40.2 Å². The second kappa shape index (κ2) is 10.0. The van der Waals surface area contributed by atoms with Crippen molar-refractivity contribution in [3.05, 3.63) is 87.4 Å². The number of ether oxygens (including phenoxy) is 1. The van der Waals surface area contributed by atoms with E-state index in [1.54, 1.807) is 31.4 Å². The zero-order valence-electron chi connectivity index (χ0n) is 17.0. The van der Waals surface area contributed by atoms with Gasteiger partial charge in [-0.15, -0.1) is 0 Å². The molecule has 3 aromatic rings. The Morgan fingerprint density at radius 2 is 1.61 bits per heavy atom. The van der Waals surface area contributed by atoms with Crippen LogP contribution in [0.25, 0.3) is 0 Å². The molecule has 0 aliphatic heterocycles. The third kappa shape index (κ3) is 6.43. The average Bonchev–Trinajstić information content (AvgIpc) is 2.67. The van der Waals surface area contributed by atoms with Gasteiger partial charge in [-0.25, -0.2) is 8.42 Å². The van der Waals surface area contributed by atoms with E-state index in [1.165, 1.54) is 18.2 Å². The first-order valence-electron chi connectivity index (χ1n) is 9.39. The molecule has 0 aliphatic carbocycles. The molecule has 1 N–H and O–H groups in total. The lowest BCUT2D eigenvalue weighted by atomic mass is 10.0. The monoisotopic (exact) mass is 493 g/mol. The predicted octanol–water partition coefficient (Wildman–Crippen LogP) is 6.27. The SMILES string of the molecule is COc1ccc(C)cc1CC(=S)Cc1ccc(S(=O)(=O)Nc2cc(Cl)cc(Cl)c2)cc1. The molecular formula is C23H21Cl2NO3S2. The third-order valence-corrected chi connectivity index (χ3v) is 6.70. The zero-order valence-corrected chi connectivity index (χ0v) is 20.1. The van der Waals surface area contributed by atoms with Gasteiger partial charge in [-0.1, -0.05) is 65.2 Å². The molecule has 3 aromatic carbocycles. The van der Waals surface area contributed by atoms with E-state index in [1.807, 2.05) is 19.1 Å². The molecule has 0 heterocycles. The minimum atomic E-state index is -3.77. The molecule has 0 bridgehead atoms. The highest BCUT2D eigenvalue weighted by Crippen LogP contribution is 2.25. The number of benzene rings is 3. The van der Waals surface area contributed by atoms with E-state index in [0.717, 1.165) is 27.3 Å². The lowest BCUT2D eigenvalue weighted by Crippen LogP contribution is -2.13. The summed E-state index contributed by atoms with van der Waals surface area (Å²) in [5.41, 5.74) is 3.41. The van der Waals surface area contributed by atoms with Crippen LogP contribution in [0.4, 0.5) is 5.69 Å². The van der Waals surface area contributed by atoms with Crippen LogP contribution in [0.15, 0.2) is 65.6 Å². The van der Waals surface area contributed by atoms with E-state index >= 15 is 0 Å². The summed E-state index contributed by atoms with van der Waals surface area (Å²) in [5.74, 6) is 0.807. The van der Waals surface area contributed by atoms with Gasteiger partial charge in [0, 0.05) is 27.8 Å². The first kappa shape index (κ1) is 23.5. The highest BCUT2D eigenvalue weighted by molar-refractivity contribution is 7.92. The van der Waals surface area contributed by atoms with Crippen molar-refractivity contribution in [2.45, 2.75) is 24.7 Å². The van der Waals surface area contributed by atoms with Crippen LogP contribution in [-0.2, 0) is 22.9 Å². The van der Waals surface area contributed by atoms with Crippen LogP contribution in [-0.4, -0.2) is 20.4 Å². The Morgan fingerprint density at radius 1 is 0.968 bits per heavy atom. The predicted molar refractivity (Wildman–Crippen MR) is 131 cm³/mol. The molecule has 0 aliphatic rings. The second-order valence-electron chi connectivity index (χ2n) is 7.12. The Morgan fingerprint density at radius 3 is 2.23 bits per heavy atom. The lowest BCUT2D eigenvalue weighted by molar-refractivity contribution is 0.411. The number of halogens is 2. The van der Waals surface area contributed by atoms with Crippen LogP contribution in [0.2, 0.25) is 10.0 Å². The maximum absolute atomic E-state index is 12.7. The molecule has 0 fully saturated rings. The minimum Gasteiger partial charge on any atom is -0.496 e. The van der Waals surface area contributed by atoms with Crippen LogP contribution in [0.1, 0.15) is 16.7 Å². The Kier molecular flexibility index (Phi) is 7.59. The van der Waals surface area contributed by atoms with Crippen molar-refractivity contribution < 1.29 is 13.2 Å². The van der Waals surface area contributed by atoms with Gasteiger partial charge >= 0.3 is 0 Å². The third-order valence-electron chi connectivity index (χ3n) is 4.57. The molecule has 0 saturated heterocycles. The van der Waals surface area contributed by atoms with Crippen molar-refractivity contribution in [3.63, 3.8) is 0 Å². The summed E-state index contributed by atoms with van der Waals surface area (Å²) >= 11 is 17.5. The van der Waals surface area contributed by atoms with Crippen LogP contribution in [0.5, 0.6) is 5.75 Å². The summed E-state index contributed by atoms with van der Waals surface area (Å²) in [6.45, 7) is 2.02. The van der Waals surface area contributed by atoms with Gasteiger partial charge in [0.2, 0.25) is 0 Å². The van der Waals surface area contributed by atoms with Crippen molar-refractivity contribution in [3.8, 4) is 5.75 Å². The van der Waals surface area contributed by atoms with Gasteiger partial charge in [-0.3, -0.25) is 4.72 Å². The number of thiocarbonyl (C=S) groups is 1. The van der Waals surface area contributed by atoms with Gasteiger partial charge in [0.25, 0.3) is 10.0 Å². The maximum atomic E-state index is 12.7. The fourth-order valence-corrected chi connectivity index (χ4v) is 5.05. The number of anilines is 1. The molecule has 8 heteroatoms. The molecule has 0 radical (unpaired) electrons. The summed E-state index contributed by atoms with van der Waals surface area (Å²) in [6, 6.07) is 17.2. The van der Waals surface area contributed by atoms with E-state index in [-0.39, 0.29) is 4.90 Å². The molecule has 3 rings (SSSR count). The highest BCUT2D eigenvalue weighted by atomic mass is 35.5. The van der Waals surface area contributed by atoms with Gasteiger partial charge in [-0.05, 0) is 54.4 Å². The van der Waals surface area contributed by atoms with E-state index < -0.39 is 10.0 Å². The fourth-order valence-electron chi connectivity index (χ4n) is 3.16. The second-order valence-corrected chi connectivity index (χ2v) is 10.2. The summed E-state index contributed by atoms with van der Waals surface area (Å²) in [7, 11) is -2.13. The number of nitrogens with one attached hydrogen (secondary N) is 1. The average molecular weight is 494 g/mol. The molecule has 0 atom stereocenters. The maximum Gasteiger partial charge on any atom is 0.261 e. The molecule has 4 nitrogen and oxygen atoms in total. The molecule has 31 heavy (non-hydrogen) atoms. The van der Waals surface area contributed by atoms with E-state index in [0.29, 0.717) is 28.6 Å². The Bertz CT molecular complexity index is 1190. The lowest BCUT2D eigenvalue weighted by Gasteiger charge is -2.11. The molecule has 0 amide bonds. The summed E-state index contributed by atoms with van der Waals surface area (Å²) < 4.78 is 33.2. The molecule has 0 spiro atoms. The topological polar surface area (TPSA) is 55.4 Å². The molecule has 0 unspecified atom stereocenters.